The van der Waals surface area contributed by atoms with Crippen LogP contribution in [0.2, 0.25) is 0 Å². The van der Waals surface area contributed by atoms with Crippen LogP contribution in [-0.4, -0.2) is 49.7 Å². The van der Waals surface area contributed by atoms with E-state index in [9.17, 15) is 9.59 Å². The number of hydrogen-bond acceptors (Lipinski definition) is 3. The van der Waals surface area contributed by atoms with Crippen LogP contribution >= 0.6 is 0 Å². The summed E-state index contributed by atoms with van der Waals surface area (Å²) in [5.41, 5.74) is 2.39. The van der Waals surface area contributed by atoms with Crippen LogP contribution in [0, 0.1) is 0 Å². The van der Waals surface area contributed by atoms with Crippen LogP contribution in [0.3, 0.4) is 0 Å². The average Bonchev–Trinajstić information content (AvgIpc) is 2.80. The van der Waals surface area contributed by atoms with E-state index < -0.39 is 0 Å². The largest absolute Gasteiger partial charge is 0.378 e. The molecule has 1 atom stereocenters. The van der Waals surface area contributed by atoms with Crippen LogP contribution in [0.25, 0.3) is 0 Å². The average molecular weight is 410 g/mol. The topological polar surface area (TPSA) is 70.7 Å². The van der Waals surface area contributed by atoms with Crippen molar-refractivity contribution in [1.29, 1.82) is 0 Å². The molecule has 0 saturated carbocycles. The molecule has 0 spiro atoms. The van der Waals surface area contributed by atoms with Gasteiger partial charge in [-0.3, -0.25) is 4.79 Å². The fourth-order valence-electron chi connectivity index (χ4n) is 3.63. The minimum Gasteiger partial charge on any atom is -0.378 e. The first-order valence-electron chi connectivity index (χ1n) is 10.7. The number of urea groups is 1. The Morgan fingerprint density at radius 3 is 2.33 bits per heavy atom. The van der Waals surface area contributed by atoms with E-state index in [-0.39, 0.29) is 18.0 Å². The van der Waals surface area contributed by atoms with Crippen molar-refractivity contribution in [2.45, 2.75) is 31.7 Å². The smallest absolute Gasteiger partial charge is 0.315 e. The van der Waals surface area contributed by atoms with E-state index in [1.165, 1.54) is 5.56 Å². The van der Waals surface area contributed by atoms with Crippen molar-refractivity contribution in [1.82, 2.24) is 15.5 Å². The lowest BCUT2D eigenvalue weighted by Gasteiger charge is -2.27. The molecule has 2 N–H and O–H groups in total. The minimum absolute atomic E-state index is 0.0565. The van der Waals surface area contributed by atoms with Crippen LogP contribution in [-0.2, 0) is 16.0 Å². The molecule has 0 aromatic heterocycles. The van der Waals surface area contributed by atoms with E-state index in [0.29, 0.717) is 39.3 Å². The van der Waals surface area contributed by atoms with Gasteiger partial charge in [-0.2, -0.15) is 0 Å². The Kier molecular flexibility index (Phi) is 8.72. The van der Waals surface area contributed by atoms with Gasteiger partial charge in [-0.05, 0) is 30.4 Å². The summed E-state index contributed by atoms with van der Waals surface area (Å²) in [6.07, 6.45) is 3.09. The molecule has 3 amide bonds. The van der Waals surface area contributed by atoms with Crippen LogP contribution in [0.1, 0.15) is 36.4 Å². The lowest BCUT2D eigenvalue weighted by Crippen LogP contribution is -2.43. The number of hydrogen-bond donors (Lipinski definition) is 2. The predicted molar refractivity (Wildman–Crippen MR) is 117 cm³/mol. The number of benzene rings is 2. The predicted octanol–water partition coefficient (Wildman–Crippen LogP) is 3.30. The van der Waals surface area contributed by atoms with Gasteiger partial charge in [-0.15, -0.1) is 0 Å². The van der Waals surface area contributed by atoms with E-state index in [0.717, 1.165) is 24.8 Å². The van der Waals surface area contributed by atoms with Gasteiger partial charge in [0.05, 0.1) is 19.3 Å². The molecule has 0 aliphatic carbocycles. The molecule has 1 saturated heterocycles. The van der Waals surface area contributed by atoms with Gasteiger partial charge in [0.1, 0.15) is 0 Å². The molecule has 1 aliphatic heterocycles. The summed E-state index contributed by atoms with van der Waals surface area (Å²) in [6, 6.07) is 20.1. The number of nitrogens with one attached hydrogen (secondary N) is 2. The molecule has 0 unspecified atom stereocenters. The lowest BCUT2D eigenvalue weighted by atomic mass is 9.99. The molecule has 1 aliphatic rings. The minimum atomic E-state index is -0.238. The molecular weight excluding hydrogens is 378 g/mol. The van der Waals surface area contributed by atoms with Crippen LogP contribution in [0.15, 0.2) is 60.7 Å². The van der Waals surface area contributed by atoms with Gasteiger partial charge in [0.25, 0.3) is 0 Å². The SMILES string of the molecule is O=C(NCCC(=O)N1CCOCC1)N[C@H](CCCc1ccccc1)c1ccccc1. The van der Waals surface area contributed by atoms with Crippen molar-refractivity contribution in [3.63, 3.8) is 0 Å². The van der Waals surface area contributed by atoms with E-state index in [2.05, 4.69) is 22.8 Å². The third-order valence-corrected chi connectivity index (χ3v) is 5.30. The fourth-order valence-corrected chi connectivity index (χ4v) is 3.63. The lowest BCUT2D eigenvalue weighted by molar-refractivity contribution is -0.135. The number of carbonyl (C=O) groups excluding carboxylic acids is 2. The van der Waals surface area contributed by atoms with E-state index in [4.69, 9.17) is 4.74 Å². The fraction of sp³-hybridized carbons (Fsp3) is 0.417. The number of morpholine rings is 1. The van der Waals surface area contributed by atoms with Crippen molar-refractivity contribution >= 4 is 11.9 Å². The van der Waals surface area contributed by atoms with Crippen LogP contribution in [0.4, 0.5) is 4.79 Å². The Morgan fingerprint density at radius 2 is 1.63 bits per heavy atom. The summed E-state index contributed by atoms with van der Waals surface area (Å²) in [5, 5.41) is 5.91. The van der Waals surface area contributed by atoms with Gasteiger partial charge >= 0.3 is 6.03 Å². The Morgan fingerprint density at radius 1 is 0.967 bits per heavy atom. The molecule has 2 aromatic rings. The summed E-state index contributed by atoms with van der Waals surface area (Å²) < 4.78 is 5.27. The molecular formula is C24H31N3O3. The second-order valence-electron chi connectivity index (χ2n) is 7.48. The van der Waals surface area contributed by atoms with Gasteiger partial charge in [-0.1, -0.05) is 60.7 Å². The first-order valence-corrected chi connectivity index (χ1v) is 10.7. The second kappa shape index (κ2) is 12.0. The molecule has 1 fully saturated rings. The van der Waals surface area contributed by atoms with Gasteiger partial charge in [0, 0.05) is 26.1 Å². The van der Waals surface area contributed by atoms with Gasteiger partial charge in [0.2, 0.25) is 5.91 Å². The highest BCUT2D eigenvalue weighted by molar-refractivity contribution is 5.78. The number of nitrogens with zero attached hydrogens (tertiary/aromatic N) is 1. The molecule has 0 bridgehead atoms. The number of aryl methyl sites for hydroxylation is 1. The highest BCUT2D eigenvalue weighted by atomic mass is 16.5. The highest BCUT2D eigenvalue weighted by Crippen LogP contribution is 2.19. The van der Waals surface area contributed by atoms with E-state index in [1.54, 1.807) is 4.90 Å². The maximum Gasteiger partial charge on any atom is 0.315 e. The van der Waals surface area contributed by atoms with Crippen molar-refractivity contribution in [3.8, 4) is 0 Å². The van der Waals surface area contributed by atoms with Gasteiger partial charge in [0.15, 0.2) is 0 Å². The summed E-state index contributed by atoms with van der Waals surface area (Å²) >= 11 is 0. The Hall–Kier alpha value is -2.86. The molecule has 6 nitrogen and oxygen atoms in total. The zero-order valence-corrected chi connectivity index (χ0v) is 17.4. The molecule has 30 heavy (non-hydrogen) atoms. The maximum absolute atomic E-state index is 12.5. The van der Waals surface area contributed by atoms with Crippen LogP contribution < -0.4 is 10.6 Å². The molecule has 160 valence electrons. The zero-order valence-electron chi connectivity index (χ0n) is 17.4. The number of carbonyl (C=O) groups is 2. The normalized spacial score (nSPS) is 14.7. The standard InChI is InChI=1S/C24H31N3O3/c28-23(27-16-18-30-19-17-27)14-15-25-24(29)26-22(21-11-5-2-6-12-21)13-7-10-20-8-3-1-4-9-20/h1-6,8-9,11-12,22H,7,10,13-19H2,(H2,25,26,29)/t22-/m1/s1. The third kappa shape index (κ3) is 7.19. The molecule has 1 heterocycles. The third-order valence-electron chi connectivity index (χ3n) is 5.30. The van der Waals surface area contributed by atoms with Crippen molar-refractivity contribution in [2.24, 2.45) is 0 Å². The molecule has 6 heteroatoms. The highest BCUT2D eigenvalue weighted by Gasteiger charge is 2.17. The number of amides is 3. The Balaban J connectivity index is 1.45. The van der Waals surface area contributed by atoms with Crippen molar-refractivity contribution < 1.29 is 14.3 Å². The number of ether oxygens (including phenoxy) is 1. The maximum atomic E-state index is 12.5. The molecule has 3 rings (SSSR count). The summed E-state index contributed by atoms with van der Waals surface area (Å²) in [5.74, 6) is 0.0565. The van der Waals surface area contributed by atoms with Gasteiger partial charge in [-0.25, -0.2) is 4.79 Å². The Labute approximate surface area is 178 Å². The van der Waals surface area contributed by atoms with E-state index >= 15 is 0 Å². The molecule has 2 aromatic carbocycles. The van der Waals surface area contributed by atoms with E-state index in [1.807, 2.05) is 48.5 Å². The first kappa shape index (κ1) is 21.8. The summed E-state index contributed by atoms with van der Waals surface area (Å²) in [7, 11) is 0. The Bertz CT molecular complexity index is 777. The van der Waals surface area contributed by atoms with Crippen LogP contribution in [0.5, 0.6) is 0 Å². The van der Waals surface area contributed by atoms with Gasteiger partial charge < -0.3 is 20.3 Å². The molecule has 0 radical (unpaired) electrons. The van der Waals surface area contributed by atoms with Crippen molar-refractivity contribution in [2.75, 3.05) is 32.8 Å². The summed E-state index contributed by atoms with van der Waals surface area (Å²) in [6.45, 7) is 2.75. The second-order valence-corrected chi connectivity index (χ2v) is 7.48. The first-order chi connectivity index (χ1) is 14.7. The number of rotatable bonds is 9. The zero-order chi connectivity index (χ0) is 21.0. The monoisotopic (exact) mass is 409 g/mol. The quantitative estimate of drug-likeness (QED) is 0.668. The van der Waals surface area contributed by atoms with Crippen molar-refractivity contribution in [3.05, 3.63) is 71.8 Å². The summed E-state index contributed by atoms with van der Waals surface area (Å²) in [4.78, 5) is 26.4.